The molecule has 0 aromatic rings. The van der Waals surface area contributed by atoms with Crippen molar-refractivity contribution in [3.05, 3.63) is 22.3 Å². The van der Waals surface area contributed by atoms with Crippen LogP contribution in [0.5, 0.6) is 0 Å². The third kappa shape index (κ3) is 9.87. The quantitative estimate of drug-likeness (QED) is 0.244. The predicted octanol–water partition coefficient (Wildman–Crippen LogP) is 8.65. The fourth-order valence-corrected chi connectivity index (χ4v) is 4.78. The first-order valence-electron chi connectivity index (χ1n) is 13.0. The molecule has 0 aliphatic heterocycles. The molecular weight excluding hydrogens is 380 g/mol. The molecule has 0 aromatic heterocycles. The van der Waals surface area contributed by atoms with Gasteiger partial charge >= 0.3 is 0 Å². The molecule has 178 valence electrons. The number of ketones is 2. The Bertz CT molecular complexity index is 650. The fourth-order valence-electron chi connectivity index (χ4n) is 4.78. The molecule has 0 saturated heterocycles. The van der Waals surface area contributed by atoms with Crippen LogP contribution < -0.4 is 0 Å². The molecule has 0 unspecified atom stereocenters. The second-order valence-corrected chi connectivity index (χ2v) is 11.1. The number of rotatable bonds is 15. The van der Waals surface area contributed by atoms with E-state index < -0.39 is 0 Å². The highest BCUT2D eigenvalue weighted by molar-refractivity contribution is 6.24. The standard InChI is InChI=1S/C29H50O2/c1-20(2)12-9-13-21(3)14-10-15-22(4)16-11-17-23(5)18-19-27-26(8)28(30)24(6)25(7)29(27)31/h20-23H,9-19H2,1-8H3/t21-,22+,23-/m1/s1. The van der Waals surface area contributed by atoms with Gasteiger partial charge in [0.1, 0.15) is 0 Å². The SMILES string of the molecule is CC1=C(C)C(=O)C(CC[C@H](C)CCC[C@@H](C)CCC[C@H](C)CCCC(C)C)=C(C)C1=O. The van der Waals surface area contributed by atoms with Crippen LogP contribution in [0.3, 0.4) is 0 Å². The van der Waals surface area contributed by atoms with Gasteiger partial charge in [0.15, 0.2) is 11.6 Å². The van der Waals surface area contributed by atoms with Crippen molar-refractivity contribution in [2.45, 2.75) is 126 Å². The summed E-state index contributed by atoms with van der Waals surface area (Å²) in [7, 11) is 0. The Morgan fingerprint density at radius 2 is 0.903 bits per heavy atom. The number of hydrogen-bond donors (Lipinski definition) is 0. The zero-order valence-corrected chi connectivity index (χ0v) is 21.9. The Balaban J connectivity index is 2.22. The van der Waals surface area contributed by atoms with Crippen LogP contribution in [0.2, 0.25) is 0 Å². The van der Waals surface area contributed by atoms with Gasteiger partial charge < -0.3 is 0 Å². The van der Waals surface area contributed by atoms with E-state index in [0.717, 1.165) is 36.2 Å². The Morgan fingerprint density at radius 1 is 0.516 bits per heavy atom. The number of carbonyl (C=O) groups excluding carboxylic acids is 2. The van der Waals surface area contributed by atoms with Crippen molar-refractivity contribution in [3.8, 4) is 0 Å². The maximum atomic E-state index is 12.6. The van der Waals surface area contributed by atoms with Crippen molar-refractivity contribution in [2.24, 2.45) is 23.7 Å². The largest absolute Gasteiger partial charge is 0.289 e. The fraction of sp³-hybridized carbons (Fsp3) is 0.793. The minimum Gasteiger partial charge on any atom is -0.289 e. The highest BCUT2D eigenvalue weighted by Crippen LogP contribution is 2.29. The van der Waals surface area contributed by atoms with E-state index >= 15 is 0 Å². The van der Waals surface area contributed by atoms with E-state index in [4.69, 9.17) is 0 Å². The van der Waals surface area contributed by atoms with Gasteiger partial charge in [-0.05, 0) is 57.3 Å². The van der Waals surface area contributed by atoms with E-state index in [0.29, 0.717) is 22.6 Å². The number of carbonyl (C=O) groups is 2. The lowest BCUT2D eigenvalue weighted by Gasteiger charge is -2.20. The molecule has 0 radical (unpaired) electrons. The topological polar surface area (TPSA) is 34.1 Å². The van der Waals surface area contributed by atoms with E-state index in [-0.39, 0.29) is 11.6 Å². The van der Waals surface area contributed by atoms with Crippen LogP contribution >= 0.6 is 0 Å². The number of Topliss-reactive ketones (excluding diaryl/α,β-unsaturated/α-hetero) is 2. The summed E-state index contributed by atoms with van der Waals surface area (Å²) in [5.74, 6) is 3.28. The van der Waals surface area contributed by atoms with E-state index in [1.54, 1.807) is 13.8 Å². The van der Waals surface area contributed by atoms with E-state index in [2.05, 4.69) is 34.6 Å². The lowest BCUT2D eigenvalue weighted by atomic mass is 9.82. The summed E-state index contributed by atoms with van der Waals surface area (Å²) in [5, 5.41) is 0. The summed E-state index contributed by atoms with van der Waals surface area (Å²) in [6.45, 7) is 17.2. The Hall–Kier alpha value is -1.18. The molecule has 0 aromatic carbocycles. The maximum Gasteiger partial charge on any atom is 0.185 e. The monoisotopic (exact) mass is 430 g/mol. The molecule has 3 atom stereocenters. The molecule has 0 amide bonds. The summed E-state index contributed by atoms with van der Waals surface area (Å²) < 4.78 is 0. The minimum absolute atomic E-state index is 0.0582. The van der Waals surface area contributed by atoms with Crippen molar-refractivity contribution in [3.63, 3.8) is 0 Å². The van der Waals surface area contributed by atoms with Gasteiger partial charge in [-0.25, -0.2) is 0 Å². The van der Waals surface area contributed by atoms with Crippen LogP contribution in [0.25, 0.3) is 0 Å². The molecule has 0 spiro atoms. The van der Waals surface area contributed by atoms with E-state index in [1.807, 2.05) is 6.92 Å². The average molecular weight is 431 g/mol. The van der Waals surface area contributed by atoms with Crippen molar-refractivity contribution in [2.75, 3.05) is 0 Å². The lowest BCUT2D eigenvalue weighted by Crippen LogP contribution is -2.21. The first-order valence-corrected chi connectivity index (χ1v) is 13.0. The van der Waals surface area contributed by atoms with Crippen LogP contribution in [0.1, 0.15) is 126 Å². The molecule has 1 aliphatic carbocycles. The number of hydrogen-bond acceptors (Lipinski definition) is 2. The molecule has 0 heterocycles. The number of allylic oxidation sites excluding steroid dienone is 4. The Kier molecular flexibility index (Phi) is 12.6. The van der Waals surface area contributed by atoms with Gasteiger partial charge in [0, 0.05) is 22.3 Å². The van der Waals surface area contributed by atoms with Crippen LogP contribution in [-0.2, 0) is 9.59 Å². The highest BCUT2D eigenvalue weighted by atomic mass is 16.1. The van der Waals surface area contributed by atoms with E-state index in [9.17, 15) is 9.59 Å². The van der Waals surface area contributed by atoms with Crippen LogP contribution in [0, 0.1) is 23.7 Å². The Labute approximate surface area is 193 Å². The van der Waals surface area contributed by atoms with Gasteiger partial charge in [0.25, 0.3) is 0 Å². The third-order valence-electron chi connectivity index (χ3n) is 7.46. The zero-order chi connectivity index (χ0) is 23.6. The summed E-state index contributed by atoms with van der Waals surface area (Å²) in [6.07, 6.45) is 13.8. The second kappa shape index (κ2) is 14.1. The van der Waals surface area contributed by atoms with Gasteiger partial charge in [-0.2, -0.15) is 0 Å². The van der Waals surface area contributed by atoms with Crippen LogP contribution in [0.15, 0.2) is 22.3 Å². The van der Waals surface area contributed by atoms with Gasteiger partial charge in [-0.1, -0.05) is 92.4 Å². The van der Waals surface area contributed by atoms with Gasteiger partial charge in [0.05, 0.1) is 0 Å². The van der Waals surface area contributed by atoms with Crippen molar-refractivity contribution in [1.29, 1.82) is 0 Å². The molecule has 0 saturated carbocycles. The van der Waals surface area contributed by atoms with Crippen molar-refractivity contribution < 1.29 is 9.59 Å². The van der Waals surface area contributed by atoms with Gasteiger partial charge in [0.2, 0.25) is 0 Å². The predicted molar refractivity (Wildman–Crippen MR) is 134 cm³/mol. The zero-order valence-electron chi connectivity index (χ0n) is 21.9. The van der Waals surface area contributed by atoms with Gasteiger partial charge in [-0.15, -0.1) is 0 Å². The van der Waals surface area contributed by atoms with Gasteiger partial charge in [-0.3, -0.25) is 9.59 Å². The second-order valence-electron chi connectivity index (χ2n) is 11.1. The first-order chi connectivity index (χ1) is 14.5. The van der Waals surface area contributed by atoms with Crippen molar-refractivity contribution >= 4 is 11.6 Å². The summed E-state index contributed by atoms with van der Waals surface area (Å²) in [5.41, 5.74) is 2.70. The maximum absolute atomic E-state index is 12.6. The highest BCUT2D eigenvalue weighted by Gasteiger charge is 2.27. The lowest BCUT2D eigenvalue weighted by molar-refractivity contribution is -0.116. The average Bonchev–Trinajstić information content (AvgIpc) is 2.70. The summed E-state index contributed by atoms with van der Waals surface area (Å²) >= 11 is 0. The van der Waals surface area contributed by atoms with E-state index in [1.165, 1.54) is 57.8 Å². The third-order valence-corrected chi connectivity index (χ3v) is 7.46. The van der Waals surface area contributed by atoms with Crippen LogP contribution in [-0.4, -0.2) is 11.6 Å². The molecule has 1 aliphatic rings. The molecule has 1 rings (SSSR count). The molecule has 2 nitrogen and oxygen atoms in total. The van der Waals surface area contributed by atoms with Crippen molar-refractivity contribution in [1.82, 2.24) is 0 Å². The smallest absolute Gasteiger partial charge is 0.185 e. The normalized spacial score (nSPS) is 18.2. The first kappa shape index (κ1) is 27.9. The summed E-state index contributed by atoms with van der Waals surface area (Å²) in [6, 6.07) is 0. The summed E-state index contributed by atoms with van der Waals surface area (Å²) in [4.78, 5) is 24.9. The Morgan fingerprint density at radius 3 is 1.35 bits per heavy atom. The molecule has 0 N–H and O–H groups in total. The molecular formula is C29H50O2. The molecule has 2 heteroatoms. The minimum atomic E-state index is 0.0582. The molecule has 0 bridgehead atoms. The molecule has 0 fully saturated rings. The van der Waals surface area contributed by atoms with Crippen LogP contribution in [0.4, 0.5) is 0 Å². The molecule has 31 heavy (non-hydrogen) atoms.